The summed E-state index contributed by atoms with van der Waals surface area (Å²) in [5.41, 5.74) is 4.12. The van der Waals surface area contributed by atoms with Crippen LogP contribution in [-0.2, 0) is 13.0 Å². The fourth-order valence-electron chi connectivity index (χ4n) is 5.70. The van der Waals surface area contributed by atoms with Gasteiger partial charge in [-0.15, -0.1) is 0 Å². The second kappa shape index (κ2) is 11.1. The maximum absolute atomic E-state index is 13.4. The fourth-order valence-corrected chi connectivity index (χ4v) is 5.70. The van der Waals surface area contributed by atoms with Crippen molar-refractivity contribution in [3.8, 4) is 5.75 Å². The molecule has 3 aliphatic heterocycles. The van der Waals surface area contributed by atoms with Gasteiger partial charge in [0.15, 0.2) is 0 Å². The number of anilines is 3. The molecule has 0 N–H and O–H groups in total. The highest BCUT2D eigenvalue weighted by molar-refractivity contribution is 5.94. The SMILES string of the molecule is COc1ccc(C(=O)N2CCc3nc(N4CCN(c5ccccc5)CC4)nc(N4CCN(C)CC4)c3C2)cc1. The van der Waals surface area contributed by atoms with Crippen molar-refractivity contribution in [2.45, 2.75) is 13.0 Å². The Balaban J connectivity index is 1.25. The van der Waals surface area contributed by atoms with Gasteiger partial charge < -0.3 is 29.2 Å². The summed E-state index contributed by atoms with van der Waals surface area (Å²) in [7, 11) is 3.80. The van der Waals surface area contributed by atoms with Crippen molar-refractivity contribution in [2.75, 3.05) is 87.8 Å². The van der Waals surface area contributed by atoms with Gasteiger partial charge in [0.1, 0.15) is 11.6 Å². The maximum atomic E-state index is 13.4. The van der Waals surface area contributed by atoms with Crippen molar-refractivity contribution in [2.24, 2.45) is 0 Å². The average Bonchev–Trinajstić information content (AvgIpc) is 3.01. The summed E-state index contributed by atoms with van der Waals surface area (Å²) in [6, 6.07) is 18.0. The Kier molecular flexibility index (Phi) is 7.24. The summed E-state index contributed by atoms with van der Waals surface area (Å²) in [6.45, 7) is 8.69. The van der Waals surface area contributed by atoms with Gasteiger partial charge in [0.2, 0.25) is 5.95 Å². The number of benzene rings is 2. The molecule has 0 aliphatic carbocycles. The van der Waals surface area contributed by atoms with E-state index in [1.54, 1.807) is 7.11 Å². The van der Waals surface area contributed by atoms with Crippen LogP contribution < -0.4 is 19.4 Å². The number of carbonyl (C=O) groups is 1. The largest absolute Gasteiger partial charge is 0.497 e. The van der Waals surface area contributed by atoms with Gasteiger partial charge in [0, 0.05) is 82.1 Å². The van der Waals surface area contributed by atoms with E-state index in [1.165, 1.54) is 5.69 Å². The zero-order chi connectivity index (χ0) is 26.8. The van der Waals surface area contributed by atoms with Crippen molar-refractivity contribution in [1.29, 1.82) is 0 Å². The Labute approximate surface area is 230 Å². The van der Waals surface area contributed by atoms with Crippen molar-refractivity contribution < 1.29 is 9.53 Å². The third-order valence-electron chi connectivity index (χ3n) is 8.14. The number of methoxy groups -OCH3 is 1. The third-order valence-corrected chi connectivity index (χ3v) is 8.14. The summed E-state index contributed by atoms with van der Waals surface area (Å²) >= 11 is 0. The molecule has 9 heteroatoms. The van der Waals surface area contributed by atoms with Crippen molar-refractivity contribution in [3.05, 3.63) is 71.4 Å². The monoisotopic (exact) mass is 527 g/mol. The van der Waals surface area contributed by atoms with Crippen LogP contribution in [0.5, 0.6) is 5.75 Å². The summed E-state index contributed by atoms with van der Waals surface area (Å²) in [6.07, 6.45) is 0.734. The highest BCUT2D eigenvalue weighted by Gasteiger charge is 2.31. The van der Waals surface area contributed by atoms with Crippen LogP contribution in [-0.4, -0.2) is 98.7 Å². The summed E-state index contributed by atoms with van der Waals surface area (Å²) in [4.78, 5) is 35.1. The molecule has 39 heavy (non-hydrogen) atoms. The van der Waals surface area contributed by atoms with E-state index in [4.69, 9.17) is 14.7 Å². The minimum Gasteiger partial charge on any atom is -0.497 e. The molecule has 0 atom stereocenters. The van der Waals surface area contributed by atoms with E-state index < -0.39 is 0 Å². The molecular formula is C30H37N7O2. The number of likely N-dealkylation sites (N-methyl/N-ethyl adjacent to an activating group) is 1. The molecule has 0 saturated carbocycles. The van der Waals surface area contributed by atoms with Gasteiger partial charge in [-0.25, -0.2) is 4.98 Å². The normalized spacial score (nSPS) is 18.2. The van der Waals surface area contributed by atoms with E-state index in [1.807, 2.05) is 29.2 Å². The molecule has 0 unspecified atom stereocenters. The molecule has 2 saturated heterocycles. The van der Waals surface area contributed by atoms with Crippen LogP contribution in [0, 0.1) is 0 Å². The standard InChI is InChI=1S/C30H37N7O2/c1-33-14-16-35(17-15-33)28-26-22-37(29(38)23-8-10-25(39-2)11-9-23)13-12-27(26)31-30(32-28)36-20-18-34(19-21-36)24-6-4-3-5-7-24/h3-11H,12-22H2,1-2H3. The molecule has 6 rings (SSSR count). The number of carbonyl (C=O) groups excluding carboxylic acids is 1. The average molecular weight is 528 g/mol. The Morgan fingerprint density at radius 1 is 0.769 bits per heavy atom. The van der Waals surface area contributed by atoms with E-state index >= 15 is 0 Å². The molecule has 1 amide bonds. The van der Waals surface area contributed by atoms with Crippen molar-refractivity contribution in [1.82, 2.24) is 19.8 Å². The van der Waals surface area contributed by atoms with Crippen LogP contribution in [0.3, 0.4) is 0 Å². The molecule has 2 aromatic carbocycles. The van der Waals surface area contributed by atoms with E-state index in [0.29, 0.717) is 18.7 Å². The summed E-state index contributed by atoms with van der Waals surface area (Å²) in [5, 5.41) is 0. The Hall–Kier alpha value is -3.85. The Morgan fingerprint density at radius 3 is 2.13 bits per heavy atom. The molecule has 2 fully saturated rings. The van der Waals surface area contributed by atoms with Gasteiger partial charge in [0.25, 0.3) is 5.91 Å². The molecule has 0 bridgehead atoms. The highest BCUT2D eigenvalue weighted by atomic mass is 16.5. The minimum atomic E-state index is 0.0359. The lowest BCUT2D eigenvalue weighted by atomic mass is 10.0. The third kappa shape index (κ3) is 5.36. The quantitative estimate of drug-likeness (QED) is 0.502. The van der Waals surface area contributed by atoms with Crippen LogP contribution >= 0.6 is 0 Å². The Morgan fingerprint density at radius 2 is 1.44 bits per heavy atom. The number of fused-ring (bicyclic) bond motifs is 1. The lowest BCUT2D eigenvalue weighted by molar-refractivity contribution is 0.0733. The zero-order valence-electron chi connectivity index (χ0n) is 22.9. The number of nitrogens with zero attached hydrogens (tertiary/aromatic N) is 7. The van der Waals surface area contributed by atoms with Crippen LogP contribution in [0.2, 0.25) is 0 Å². The molecule has 3 aliphatic rings. The first-order valence-electron chi connectivity index (χ1n) is 13.9. The highest BCUT2D eigenvalue weighted by Crippen LogP contribution is 2.31. The molecular weight excluding hydrogens is 490 g/mol. The zero-order valence-corrected chi connectivity index (χ0v) is 22.9. The molecule has 9 nitrogen and oxygen atoms in total. The van der Waals surface area contributed by atoms with E-state index in [-0.39, 0.29) is 5.91 Å². The van der Waals surface area contributed by atoms with E-state index in [2.05, 4.69) is 57.0 Å². The number of ether oxygens (including phenoxy) is 1. The predicted octanol–water partition coefficient (Wildman–Crippen LogP) is 2.76. The van der Waals surface area contributed by atoms with Crippen molar-refractivity contribution in [3.63, 3.8) is 0 Å². The number of hydrogen-bond acceptors (Lipinski definition) is 8. The van der Waals surface area contributed by atoms with E-state index in [9.17, 15) is 4.79 Å². The second-order valence-electron chi connectivity index (χ2n) is 10.6. The van der Waals surface area contributed by atoms with Gasteiger partial charge in [-0.3, -0.25) is 4.79 Å². The van der Waals surface area contributed by atoms with Gasteiger partial charge in [-0.05, 0) is 43.4 Å². The van der Waals surface area contributed by atoms with Crippen molar-refractivity contribution >= 4 is 23.4 Å². The number of piperazine rings is 2. The maximum Gasteiger partial charge on any atom is 0.254 e. The lowest BCUT2D eigenvalue weighted by Gasteiger charge is -2.39. The topological polar surface area (TPSA) is 68.3 Å². The lowest BCUT2D eigenvalue weighted by Crippen LogP contribution is -2.48. The number of rotatable bonds is 5. The first-order chi connectivity index (χ1) is 19.1. The summed E-state index contributed by atoms with van der Waals surface area (Å²) in [5.74, 6) is 2.61. The fraction of sp³-hybridized carbons (Fsp3) is 0.433. The Bertz CT molecular complexity index is 1280. The summed E-state index contributed by atoms with van der Waals surface area (Å²) < 4.78 is 5.26. The van der Waals surface area contributed by atoms with Gasteiger partial charge in [-0.1, -0.05) is 18.2 Å². The first kappa shape index (κ1) is 25.4. The molecule has 0 radical (unpaired) electrons. The van der Waals surface area contributed by atoms with Crippen LogP contribution in [0.4, 0.5) is 17.5 Å². The second-order valence-corrected chi connectivity index (χ2v) is 10.6. The minimum absolute atomic E-state index is 0.0359. The number of hydrogen-bond donors (Lipinski definition) is 0. The molecule has 3 aromatic rings. The molecule has 204 valence electrons. The predicted molar refractivity (Wildman–Crippen MR) is 154 cm³/mol. The molecule has 0 spiro atoms. The van der Waals surface area contributed by atoms with Gasteiger partial charge in [0.05, 0.1) is 19.3 Å². The number of para-hydroxylation sites is 1. The number of aromatic nitrogens is 2. The van der Waals surface area contributed by atoms with Crippen LogP contribution in [0.15, 0.2) is 54.6 Å². The number of amides is 1. The smallest absolute Gasteiger partial charge is 0.254 e. The van der Waals surface area contributed by atoms with E-state index in [0.717, 1.165) is 87.6 Å². The first-order valence-corrected chi connectivity index (χ1v) is 13.9. The van der Waals surface area contributed by atoms with Gasteiger partial charge in [-0.2, -0.15) is 4.98 Å². The van der Waals surface area contributed by atoms with Crippen LogP contribution in [0.25, 0.3) is 0 Å². The van der Waals surface area contributed by atoms with Crippen LogP contribution in [0.1, 0.15) is 21.6 Å². The molecule has 4 heterocycles. The van der Waals surface area contributed by atoms with Gasteiger partial charge >= 0.3 is 0 Å². The molecule has 1 aromatic heterocycles.